The number of anilines is 1. The van der Waals surface area contributed by atoms with Crippen LogP contribution in [0, 0.1) is 0 Å². The molecule has 4 nitrogen and oxygen atoms in total. The molecule has 2 atom stereocenters. The molecule has 5 heteroatoms. The van der Waals surface area contributed by atoms with Gasteiger partial charge in [-0.3, -0.25) is 4.79 Å². The van der Waals surface area contributed by atoms with E-state index in [-0.39, 0.29) is 17.9 Å². The van der Waals surface area contributed by atoms with Gasteiger partial charge in [-0.2, -0.15) is 0 Å². The van der Waals surface area contributed by atoms with Crippen LogP contribution in [0.25, 0.3) is 0 Å². The number of carbonyl (C=O) groups is 1. The quantitative estimate of drug-likeness (QED) is 0.702. The molecule has 1 amide bonds. The first-order valence-corrected chi connectivity index (χ1v) is 9.56. The SMILES string of the molecule is CCC1C(=O)NC(c2cc(N)ccc2Cl)c2ccccc21.CCNCC. The Morgan fingerprint density at radius 2 is 1.69 bits per heavy atom. The second-order valence-corrected chi connectivity index (χ2v) is 6.68. The van der Waals surface area contributed by atoms with E-state index in [1.165, 1.54) is 0 Å². The summed E-state index contributed by atoms with van der Waals surface area (Å²) in [6, 6.07) is 13.1. The molecule has 0 radical (unpaired) electrons. The Kier molecular flexibility index (Phi) is 7.49. The van der Waals surface area contributed by atoms with Crippen LogP contribution in [0.4, 0.5) is 5.69 Å². The van der Waals surface area contributed by atoms with Crippen molar-refractivity contribution >= 4 is 23.2 Å². The van der Waals surface area contributed by atoms with Crippen LogP contribution in [0.2, 0.25) is 5.02 Å². The first kappa shape index (κ1) is 20.3. The Morgan fingerprint density at radius 3 is 2.27 bits per heavy atom. The fourth-order valence-corrected chi connectivity index (χ4v) is 3.46. The topological polar surface area (TPSA) is 67.2 Å². The molecule has 4 N–H and O–H groups in total. The zero-order chi connectivity index (χ0) is 19.1. The molecule has 26 heavy (non-hydrogen) atoms. The van der Waals surface area contributed by atoms with Crippen LogP contribution in [0.5, 0.6) is 0 Å². The molecule has 0 saturated carbocycles. The van der Waals surface area contributed by atoms with E-state index in [9.17, 15) is 4.79 Å². The molecule has 0 spiro atoms. The summed E-state index contributed by atoms with van der Waals surface area (Å²) in [6.07, 6.45) is 0.778. The van der Waals surface area contributed by atoms with Crippen molar-refractivity contribution < 1.29 is 4.79 Å². The lowest BCUT2D eigenvalue weighted by Crippen LogP contribution is -2.39. The summed E-state index contributed by atoms with van der Waals surface area (Å²) in [7, 11) is 0. The fraction of sp³-hybridized carbons (Fsp3) is 0.381. The number of nitrogens with one attached hydrogen (secondary N) is 2. The first-order valence-electron chi connectivity index (χ1n) is 9.18. The zero-order valence-electron chi connectivity index (χ0n) is 15.7. The molecule has 1 heterocycles. The minimum absolute atomic E-state index is 0.0414. The predicted molar refractivity (Wildman–Crippen MR) is 110 cm³/mol. The Morgan fingerprint density at radius 1 is 1.04 bits per heavy atom. The van der Waals surface area contributed by atoms with Crippen molar-refractivity contribution in [2.45, 2.75) is 39.2 Å². The van der Waals surface area contributed by atoms with Crippen molar-refractivity contribution in [1.82, 2.24) is 10.6 Å². The van der Waals surface area contributed by atoms with Crippen molar-refractivity contribution in [2.24, 2.45) is 0 Å². The highest BCUT2D eigenvalue weighted by Crippen LogP contribution is 2.38. The molecule has 0 bridgehead atoms. The summed E-state index contributed by atoms with van der Waals surface area (Å²) >= 11 is 6.31. The molecule has 1 aliphatic heterocycles. The van der Waals surface area contributed by atoms with Crippen LogP contribution in [0.1, 0.15) is 55.8 Å². The number of fused-ring (bicyclic) bond motifs is 1. The Labute approximate surface area is 161 Å². The minimum Gasteiger partial charge on any atom is -0.399 e. The number of halogens is 1. The summed E-state index contributed by atoms with van der Waals surface area (Å²) in [5.74, 6) is -0.0584. The third-order valence-electron chi connectivity index (χ3n) is 4.52. The number of rotatable bonds is 4. The Balaban J connectivity index is 0.000000431. The molecule has 0 aromatic heterocycles. The highest BCUT2D eigenvalue weighted by molar-refractivity contribution is 6.31. The van der Waals surface area contributed by atoms with E-state index >= 15 is 0 Å². The molecule has 0 saturated heterocycles. The van der Waals surface area contributed by atoms with Gasteiger partial charge in [-0.25, -0.2) is 0 Å². The number of hydrogen-bond acceptors (Lipinski definition) is 3. The molecule has 1 aliphatic rings. The van der Waals surface area contributed by atoms with Crippen LogP contribution in [-0.2, 0) is 4.79 Å². The zero-order valence-corrected chi connectivity index (χ0v) is 16.4. The Hall–Kier alpha value is -2.04. The summed E-state index contributed by atoms with van der Waals surface area (Å²) in [5.41, 5.74) is 9.52. The van der Waals surface area contributed by atoms with Gasteiger partial charge in [0.05, 0.1) is 12.0 Å². The molecule has 2 unspecified atom stereocenters. The number of carbonyl (C=O) groups excluding carboxylic acids is 1. The normalized spacial score (nSPS) is 18.4. The molecule has 3 rings (SSSR count). The van der Waals surface area contributed by atoms with Gasteiger partial charge in [-0.15, -0.1) is 0 Å². The van der Waals surface area contributed by atoms with E-state index < -0.39 is 0 Å². The average molecular weight is 374 g/mol. The van der Waals surface area contributed by atoms with Crippen LogP contribution in [0.3, 0.4) is 0 Å². The molecular weight excluding hydrogens is 346 g/mol. The van der Waals surface area contributed by atoms with Crippen molar-refractivity contribution in [2.75, 3.05) is 18.8 Å². The maximum absolute atomic E-state index is 12.4. The summed E-state index contributed by atoms with van der Waals surface area (Å²) < 4.78 is 0. The third-order valence-corrected chi connectivity index (χ3v) is 4.87. The van der Waals surface area contributed by atoms with Crippen LogP contribution < -0.4 is 16.4 Å². The van der Waals surface area contributed by atoms with E-state index in [1.54, 1.807) is 12.1 Å². The van der Waals surface area contributed by atoms with E-state index in [4.69, 9.17) is 17.3 Å². The van der Waals surface area contributed by atoms with Gasteiger partial charge in [0.25, 0.3) is 0 Å². The minimum atomic E-state index is -0.243. The molecule has 0 aliphatic carbocycles. The van der Waals surface area contributed by atoms with E-state index in [1.807, 2.05) is 37.3 Å². The largest absolute Gasteiger partial charge is 0.399 e. The number of amides is 1. The van der Waals surface area contributed by atoms with E-state index in [0.717, 1.165) is 36.2 Å². The molecule has 2 aromatic rings. The standard InChI is InChI=1S/C17H17ClN2O.C4H11N/c1-2-11-12-5-3-4-6-13(12)16(20-17(11)21)14-9-10(19)7-8-15(14)18;1-3-5-4-2/h3-9,11,16H,2,19H2,1H3,(H,20,21);5H,3-4H2,1-2H3. The van der Waals surface area contributed by atoms with Gasteiger partial charge in [0.1, 0.15) is 0 Å². The summed E-state index contributed by atoms with van der Waals surface area (Å²) in [5, 5.41) is 6.80. The van der Waals surface area contributed by atoms with Crippen molar-refractivity contribution in [3.8, 4) is 0 Å². The second kappa shape index (κ2) is 9.60. The monoisotopic (exact) mass is 373 g/mol. The highest BCUT2D eigenvalue weighted by Gasteiger charge is 2.33. The lowest BCUT2D eigenvalue weighted by atomic mass is 9.82. The Bertz CT molecular complexity index is 746. The first-order chi connectivity index (χ1) is 12.5. The van der Waals surface area contributed by atoms with Gasteiger partial charge in [-0.1, -0.05) is 56.6 Å². The number of nitrogens with two attached hydrogens (primary N) is 1. The van der Waals surface area contributed by atoms with Gasteiger partial charge in [0.2, 0.25) is 5.91 Å². The van der Waals surface area contributed by atoms with Gasteiger partial charge >= 0.3 is 0 Å². The van der Waals surface area contributed by atoms with E-state index in [0.29, 0.717) is 10.7 Å². The van der Waals surface area contributed by atoms with Crippen LogP contribution in [0.15, 0.2) is 42.5 Å². The van der Waals surface area contributed by atoms with E-state index in [2.05, 4.69) is 24.5 Å². The summed E-state index contributed by atoms with van der Waals surface area (Å²) in [4.78, 5) is 12.4. The number of nitrogen functional groups attached to an aromatic ring is 1. The van der Waals surface area contributed by atoms with Crippen molar-refractivity contribution in [3.63, 3.8) is 0 Å². The maximum Gasteiger partial charge on any atom is 0.228 e. The highest BCUT2D eigenvalue weighted by atomic mass is 35.5. The second-order valence-electron chi connectivity index (χ2n) is 6.27. The smallest absolute Gasteiger partial charge is 0.228 e. The molecule has 140 valence electrons. The molecule has 0 fully saturated rings. The van der Waals surface area contributed by atoms with Crippen LogP contribution >= 0.6 is 11.6 Å². The maximum atomic E-state index is 12.4. The van der Waals surface area contributed by atoms with Gasteiger partial charge in [-0.05, 0) is 54.4 Å². The van der Waals surface area contributed by atoms with Crippen molar-refractivity contribution in [1.29, 1.82) is 0 Å². The van der Waals surface area contributed by atoms with Gasteiger partial charge in [0.15, 0.2) is 0 Å². The lowest BCUT2D eigenvalue weighted by Gasteiger charge is -2.32. The average Bonchev–Trinajstić information content (AvgIpc) is 2.64. The fourth-order valence-electron chi connectivity index (χ4n) is 3.24. The summed E-state index contributed by atoms with van der Waals surface area (Å²) in [6.45, 7) is 8.41. The van der Waals surface area contributed by atoms with Crippen LogP contribution in [-0.4, -0.2) is 19.0 Å². The third kappa shape index (κ3) is 4.57. The predicted octanol–water partition coefficient (Wildman–Crippen LogP) is 4.25. The molecule has 2 aromatic carbocycles. The number of benzene rings is 2. The van der Waals surface area contributed by atoms with Crippen molar-refractivity contribution in [3.05, 3.63) is 64.2 Å². The molecular formula is C21H28ClN3O. The van der Waals surface area contributed by atoms with Gasteiger partial charge in [0, 0.05) is 10.7 Å². The number of hydrogen-bond donors (Lipinski definition) is 3. The lowest BCUT2D eigenvalue weighted by molar-refractivity contribution is -0.123. The van der Waals surface area contributed by atoms with Gasteiger partial charge < -0.3 is 16.4 Å².